The highest BCUT2D eigenvalue weighted by molar-refractivity contribution is 7.85. The van der Waals surface area contributed by atoms with Crippen LogP contribution in [0.3, 0.4) is 0 Å². The molecule has 0 fully saturated rings. The van der Waals surface area contributed by atoms with Crippen LogP contribution in [0.1, 0.15) is 13.8 Å². The van der Waals surface area contributed by atoms with Crippen LogP contribution in [0.2, 0.25) is 0 Å². The molecular formula is C19H24O5S2. The van der Waals surface area contributed by atoms with Crippen LogP contribution in [0.5, 0.6) is 11.5 Å². The van der Waals surface area contributed by atoms with Gasteiger partial charge >= 0.3 is 0 Å². The van der Waals surface area contributed by atoms with Crippen molar-refractivity contribution in [1.29, 1.82) is 0 Å². The fourth-order valence-corrected chi connectivity index (χ4v) is 3.69. The molecule has 7 heteroatoms. The van der Waals surface area contributed by atoms with Gasteiger partial charge in [0.05, 0.1) is 21.6 Å². The Kier molecular flexibility index (Phi) is 8.28. The first kappa shape index (κ1) is 20.6. The van der Waals surface area contributed by atoms with E-state index in [1.54, 1.807) is 48.5 Å². The number of hydrogen-bond donors (Lipinski definition) is 1. The molecule has 2 rings (SSSR count). The maximum absolute atomic E-state index is 11.7. The van der Waals surface area contributed by atoms with E-state index >= 15 is 0 Å². The predicted octanol–water partition coefficient (Wildman–Crippen LogP) is 2.76. The average Bonchev–Trinajstić information content (AvgIpc) is 2.70. The van der Waals surface area contributed by atoms with E-state index in [0.717, 1.165) is 9.79 Å². The molecular weight excluding hydrogens is 372 g/mol. The summed E-state index contributed by atoms with van der Waals surface area (Å²) in [5.41, 5.74) is 0. The summed E-state index contributed by atoms with van der Waals surface area (Å²) in [6.07, 6.45) is -0.788. The average molecular weight is 397 g/mol. The highest BCUT2D eigenvalue weighted by Gasteiger charge is 2.08. The summed E-state index contributed by atoms with van der Waals surface area (Å²) in [7, 11) is -1.97. The van der Waals surface area contributed by atoms with E-state index in [0.29, 0.717) is 23.0 Å². The van der Waals surface area contributed by atoms with Crippen LogP contribution in [-0.4, -0.2) is 44.3 Å². The highest BCUT2D eigenvalue weighted by Crippen LogP contribution is 2.17. The Morgan fingerprint density at radius 3 is 1.42 bits per heavy atom. The molecule has 0 aromatic heterocycles. The quantitative estimate of drug-likeness (QED) is 0.669. The molecule has 0 heterocycles. The number of ether oxygens (including phenoxy) is 2. The van der Waals surface area contributed by atoms with Crippen molar-refractivity contribution in [2.45, 2.75) is 29.7 Å². The molecule has 0 aliphatic rings. The van der Waals surface area contributed by atoms with Gasteiger partial charge in [-0.25, -0.2) is 0 Å². The second-order valence-corrected chi connectivity index (χ2v) is 8.97. The molecule has 5 nitrogen and oxygen atoms in total. The van der Waals surface area contributed by atoms with Crippen molar-refractivity contribution >= 4 is 21.6 Å². The Morgan fingerprint density at radius 2 is 1.12 bits per heavy atom. The van der Waals surface area contributed by atoms with Crippen molar-refractivity contribution in [3.05, 3.63) is 48.5 Å². The summed E-state index contributed by atoms with van der Waals surface area (Å²) >= 11 is 0. The molecule has 2 aromatic carbocycles. The van der Waals surface area contributed by atoms with Gasteiger partial charge in [0.1, 0.15) is 30.8 Å². The van der Waals surface area contributed by atoms with Gasteiger partial charge in [-0.1, -0.05) is 13.8 Å². The first-order valence-electron chi connectivity index (χ1n) is 8.44. The normalized spacial score (nSPS) is 13.4. The SMILES string of the molecule is CC[S@](=O)c1ccc(OCC(O)COc2ccc([S@@](=O)CC)cc2)cc1. The van der Waals surface area contributed by atoms with Crippen LogP contribution in [0, 0.1) is 0 Å². The molecule has 0 bridgehead atoms. The van der Waals surface area contributed by atoms with E-state index in [1.807, 2.05) is 13.8 Å². The fourth-order valence-electron chi connectivity index (χ4n) is 2.14. The number of aliphatic hydroxyl groups is 1. The molecule has 2 aromatic rings. The number of benzene rings is 2. The molecule has 0 unspecified atom stereocenters. The third-order valence-electron chi connectivity index (χ3n) is 3.58. The second-order valence-electron chi connectivity index (χ2n) is 5.49. The number of rotatable bonds is 10. The molecule has 0 spiro atoms. The van der Waals surface area contributed by atoms with Crippen molar-refractivity contribution in [2.75, 3.05) is 24.7 Å². The smallest absolute Gasteiger partial charge is 0.122 e. The maximum atomic E-state index is 11.7. The summed E-state index contributed by atoms with van der Waals surface area (Å²) in [6, 6.07) is 14.0. The van der Waals surface area contributed by atoms with E-state index in [2.05, 4.69) is 0 Å². The standard InChI is InChI=1S/C19H24O5S2/c1-3-25(21)18-9-5-16(6-10-18)23-13-15(20)14-24-17-7-11-19(12-8-17)26(22)4-2/h5-12,15,20H,3-4,13-14H2,1-2H3/t25-,26-/m0/s1. The third kappa shape index (κ3) is 6.23. The number of aliphatic hydroxyl groups excluding tert-OH is 1. The lowest BCUT2D eigenvalue weighted by Gasteiger charge is -2.14. The zero-order valence-corrected chi connectivity index (χ0v) is 16.6. The summed E-state index contributed by atoms with van der Waals surface area (Å²) in [5, 5.41) is 9.99. The Hall–Kier alpha value is -1.70. The zero-order valence-electron chi connectivity index (χ0n) is 14.9. The first-order valence-corrected chi connectivity index (χ1v) is 11.1. The van der Waals surface area contributed by atoms with Crippen LogP contribution in [0.15, 0.2) is 58.3 Å². The van der Waals surface area contributed by atoms with Crippen LogP contribution in [0.4, 0.5) is 0 Å². The topological polar surface area (TPSA) is 72.8 Å². The van der Waals surface area contributed by atoms with Gasteiger partial charge in [0, 0.05) is 21.3 Å². The molecule has 0 radical (unpaired) electrons. The fraction of sp³-hybridized carbons (Fsp3) is 0.368. The van der Waals surface area contributed by atoms with Crippen molar-refractivity contribution in [2.24, 2.45) is 0 Å². The molecule has 2 atom stereocenters. The zero-order chi connectivity index (χ0) is 18.9. The number of hydrogen-bond acceptors (Lipinski definition) is 5. The third-order valence-corrected chi connectivity index (χ3v) is 6.23. The Balaban J connectivity index is 1.77. The van der Waals surface area contributed by atoms with Gasteiger partial charge in [0.2, 0.25) is 0 Å². The van der Waals surface area contributed by atoms with Gasteiger partial charge in [-0.3, -0.25) is 8.42 Å². The van der Waals surface area contributed by atoms with Crippen LogP contribution in [-0.2, 0) is 21.6 Å². The van der Waals surface area contributed by atoms with Gasteiger partial charge in [-0.05, 0) is 48.5 Å². The minimum atomic E-state index is -0.985. The van der Waals surface area contributed by atoms with Crippen molar-refractivity contribution in [3.63, 3.8) is 0 Å². The van der Waals surface area contributed by atoms with E-state index in [1.165, 1.54) is 0 Å². The lowest BCUT2D eigenvalue weighted by atomic mass is 10.3. The minimum absolute atomic E-state index is 0.0914. The predicted molar refractivity (Wildman–Crippen MR) is 104 cm³/mol. The molecule has 0 saturated carbocycles. The van der Waals surface area contributed by atoms with E-state index < -0.39 is 27.7 Å². The van der Waals surface area contributed by atoms with Crippen molar-refractivity contribution < 1.29 is 23.0 Å². The first-order chi connectivity index (χ1) is 12.5. The van der Waals surface area contributed by atoms with Gasteiger partial charge in [0.15, 0.2) is 0 Å². The maximum Gasteiger partial charge on any atom is 0.122 e. The van der Waals surface area contributed by atoms with Crippen molar-refractivity contribution in [3.8, 4) is 11.5 Å². The Labute approximate surface area is 159 Å². The summed E-state index contributed by atoms with van der Waals surface area (Å²) in [6.45, 7) is 3.92. The van der Waals surface area contributed by atoms with Crippen LogP contribution in [0.25, 0.3) is 0 Å². The van der Waals surface area contributed by atoms with Gasteiger partial charge < -0.3 is 14.6 Å². The van der Waals surface area contributed by atoms with E-state index in [4.69, 9.17) is 9.47 Å². The molecule has 0 saturated heterocycles. The molecule has 1 N–H and O–H groups in total. The van der Waals surface area contributed by atoms with Gasteiger partial charge in [-0.15, -0.1) is 0 Å². The van der Waals surface area contributed by atoms with Gasteiger partial charge in [-0.2, -0.15) is 0 Å². The molecule has 142 valence electrons. The minimum Gasteiger partial charge on any atom is -0.491 e. The monoisotopic (exact) mass is 396 g/mol. The Morgan fingerprint density at radius 1 is 0.769 bits per heavy atom. The Bertz CT molecular complexity index is 665. The lowest BCUT2D eigenvalue weighted by molar-refractivity contribution is 0.0626. The highest BCUT2D eigenvalue weighted by atomic mass is 32.2. The molecule has 0 aliphatic heterocycles. The van der Waals surface area contributed by atoms with E-state index in [9.17, 15) is 13.5 Å². The summed E-state index contributed by atoms with van der Waals surface area (Å²) < 4.78 is 34.4. The van der Waals surface area contributed by atoms with Crippen LogP contribution < -0.4 is 9.47 Å². The second kappa shape index (κ2) is 10.4. The summed E-state index contributed by atoms with van der Waals surface area (Å²) in [4.78, 5) is 1.52. The largest absolute Gasteiger partial charge is 0.491 e. The summed E-state index contributed by atoms with van der Waals surface area (Å²) in [5.74, 6) is 2.36. The van der Waals surface area contributed by atoms with Gasteiger partial charge in [0.25, 0.3) is 0 Å². The van der Waals surface area contributed by atoms with E-state index in [-0.39, 0.29) is 13.2 Å². The molecule has 26 heavy (non-hydrogen) atoms. The molecule has 0 aliphatic carbocycles. The molecule has 0 amide bonds. The lowest BCUT2D eigenvalue weighted by Crippen LogP contribution is -2.25. The van der Waals surface area contributed by atoms with Crippen LogP contribution >= 0.6 is 0 Å². The van der Waals surface area contributed by atoms with Crippen molar-refractivity contribution in [1.82, 2.24) is 0 Å².